The van der Waals surface area contributed by atoms with Gasteiger partial charge in [0, 0.05) is 43.6 Å². The average Bonchev–Trinajstić information content (AvgIpc) is 2.47. The van der Waals surface area contributed by atoms with Crippen molar-refractivity contribution in [3.63, 3.8) is 0 Å². The van der Waals surface area contributed by atoms with Crippen LogP contribution in [0.3, 0.4) is 0 Å². The van der Waals surface area contributed by atoms with Crippen LogP contribution in [0, 0.1) is 5.41 Å². The zero-order chi connectivity index (χ0) is 15.3. The SMILES string of the molecule is CC(=O)SCC1(CSC(C)=O)COC2(CCCCC2)OC1. The zero-order valence-corrected chi connectivity index (χ0v) is 14.4. The van der Waals surface area contributed by atoms with Crippen LogP contribution in [-0.2, 0) is 19.1 Å². The molecule has 2 rings (SSSR count). The van der Waals surface area contributed by atoms with Gasteiger partial charge >= 0.3 is 0 Å². The first-order chi connectivity index (χ1) is 9.95. The van der Waals surface area contributed by atoms with Crippen molar-refractivity contribution in [1.82, 2.24) is 0 Å². The molecule has 0 amide bonds. The third kappa shape index (κ3) is 4.98. The minimum absolute atomic E-state index is 0.0974. The molecule has 0 atom stereocenters. The molecule has 0 radical (unpaired) electrons. The number of thioether (sulfide) groups is 2. The highest BCUT2D eigenvalue weighted by atomic mass is 32.2. The van der Waals surface area contributed by atoms with Crippen molar-refractivity contribution in [1.29, 1.82) is 0 Å². The Labute approximate surface area is 135 Å². The molecular weight excluding hydrogens is 308 g/mol. The first-order valence-corrected chi connectivity index (χ1v) is 9.47. The predicted octanol–water partition coefficient (Wildman–Crippen LogP) is 3.24. The quantitative estimate of drug-likeness (QED) is 0.788. The van der Waals surface area contributed by atoms with Crippen LogP contribution >= 0.6 is 23.5 Å². The van der Waals surface area contributed by atoms with Crippen molar-refractivity contribution >= 4 is 33.8 Å². The first kappa shape index (κ1) is 17.3. The lowest BCUT2D eigenvalue weighted by molar-refractivity contribution is -0.308. The molecule has 2 fully saturated rings. The summed E-state index contributed by atoms with van der Waals surface area (Å²) in [5, 5.41) is 0.195. The Morgan fingerprint density at radius 1 is 0.905 bits per heavy atom. The summed E-state index contributed by atoms with van der Waals surface area (Å²) < 4.78 is 12.2. The minimum atomic E-state index is -0.399. The maximum atomic E-state index is 11.3. The molecular formula is C15H24O4S2. The van der Waals surface area contributed by atoms with E-state index in [0.717, 1.165) is 25.7 Å². The van der Waals surface area contributed by atoms with E-state index >= 15 is 0 Å². The van der Waals surface area contributed by atoms with Crippen molar-refractivity contribution in [3.8, 4) is 0 Å². The fraction of sp³-hybridized carbons (Fsp3) is 0.867. The number of ether oxygens (including phenoxy) is 2. The fourth-order valence-corrected chi connectivity index (χ4v) is 4.44. The number of carbonyl (C=O) groups is 2. The summed E-state index contributed by atoms with van der Waals surface area (Å²) in [6.07, 6.45) is 5.47. The van der Waals surface area contributed by atoms with E-state index in [9.17, 15) is 9.59 Å². The van der Waals surface area contributed by atoms with Gasteiger partial charge < -0.3 is 9.47 Å². The number of rotatable bonds is 4. The van der Waals surface area contributed by atoms with Crippen molar-refractivity contribution in [2.45, 2.75) is 51.7 Å². The second-order valence-electron chi connectivity index (χ2n) is 6.11. The molecule has 0 aromatic carbocycles. The van der Waals surface area contributed by atoms with E-state index in [-0.39, 0.29) is 15.6 Å². The number of hydrogen-bond acceptors (Lipinski definition) is 6. The largest absolute Gasteiger partial charge is 0.349 e. The summed E-state index contributed by atoms with van der Waals surface area (Å²) in [5.74, 6) is 0.904. The normalized spacial score (nSPS) is 23.9. The highest BCUT2D eigenvalue weighted by Gasteiger charge is 2.45. The van der Waals surface area contributed by atoms with E-state index < -0.39 is 5.79 Å². The van der Waals surface area contributed by atoms with Crippen LogP contribution < -0.4 is 0 Å². The van der Waals surface area contributed by atoms with Gasteiger partial charge in [0.15, 0.2) is 16.0 Å². The van der Waals surface area contributed by atoms with Crippen LogP contribution in [-0.4, -0.2) is 40.7 Å². The van der Waals surface area contributed by atoms with Gasteiger partial charge in [0.1, 0.15) is 0 Å². The van der Waals surface area contributed by atoms with Gasteiger partial charge in [0.05, 0.1) is 13.2 Å². The Balaban J connectivity index is 1.97. The molecule has 2 aliphatic rings. The molecule has 120 valence electrons. The van der Waals surface area contributed by atoms with Gasteiger partial charge in [-0.3, -0.25) is 9.59 Å². The lowest BCUT2D eigenvalue weighted by Crippen LogP contribution is -2.52. The fourth-order valence-electron chi connectivity index (χ4n) is 2.75. The molecule has 0 aromatic rings. The monoisotopic (exact) mass is 332 g/mol. The zero-order valence-electron chi connectivity index (χ0n) is 12.8. The Morgan fingerprint density at radius 3 is 1.81 bits per heavy atom. The molecule has 1 aliphatic carbocycles. The van der Waals surface area contributed by atoms with Crippen LogP contribution in [0.2, 0.25) is 0 Å². The predicted molar refractivity (Wildman–Crippen MR) is 86.4 cm³/mol. The maximum Gasteiger partial charge on any atom is 0.185 e. The van der Waals surface area contributed by atoms with Gasteiger partial charge in [0.25, 0.3) is 0 Å². The minimum Gasteiger partial charge on any atom is -0.349 e. The Bertz CT molecular complexity index is 361. The topological polar surface area (TPSA) is 52.6 Å². The standard InChI is InChI=1S/C15H24O4S2/c1-12(16)20-10-14(11-21-13(2)17)8-18-15(19-9-14)6-4-3-5-7-15/h3-11H2,1-2H3. The van der Waals surface area contributed by atoms with E-state index in [1.807, 2.05) is 0 Å². The van der Waals surface area contributed by atoms with Crippen LogP contribution in [0.1, 0.15) is 46.0 Å². The summed E-state index contributed by atoms with van der Waals surface area (Å²) in [6, 6.07) is 0. The molecule has 4 nitrogen and oxygen atoms in total. The van der Waals surface area contributed by atoms with Crippen LogP contribution in [0.15, 0.2) is 0 Å². The lowest BCUT2D eigenvalue weighted by atomic mass is 9.89. The molecule has 1 heterocycles. The molecule has 1 spiro atoms. The van der Waals surface area contributed by atoms with E-state index in [1.54, 1.807) is 13.8 Å². The Hall–Kier alpha value is -0.0400. The molecule has 1 aliphatic heterocycles. The third-order valence-corrected chi connectivity index (χ3v) is 6.39. The summed E-state index contributed by atoms with van der Waals surface area (Å²) >= 11 is 2.60. The second kappa shape index (κ2) is 7.49. The molecule has 0 aromatic heterocycles. The van der Waals surface area contributed by atoms with Gasteiger partial charge in [-0.15, -0.1) is 0 Å². The van der Waals surface area contributed by atoms with Crippen molar-refractivity contribution in [2.24, 2.45) is 5.41 Å². The number of carbonyl (C=O) groups excluding carboxylic acids is 2. The molecule has 6 heteroatoms. The van der Waals surface area contributed by atoms with Gasteiger partial charge in [-0.1, -0.05) is 29.9 Å². The molecule has 1 saturated heterocycles. The highest BCUT2D eigenvalue weighted by molar-refractivity contribution is 8.14. The lowest BCUT2D eigenvalue weighted by Gasteiger charge is -2.47. The van der Waals surface area contributed by atoms with Crippen LogP contribution in [0.5, 0.6) is 0 Å². The van der Waals surface area contributed by atoms with Crippen LogP contribution in [0.4, 0.5) is 0 Å². The summed E-state index contributed by atoms with van der Waals surface area (Å²) in [6.45, 7) is 4.30. The molecule has 0 N–H and O–H groups in total. The second-order valence-corrected chi connectivity index (χ2v) is 8.41. The van der Waals surface area contributed by atoms with Gasteiger partial charge in [-0.2, -0.15) is 0 Å². The van der Waals surface area contributed by atoms with Crippen molar-refractivity contribution in [3.05, 3.63) is 0 Å². The Kier molecular flexibility index (Phi) is 6.17. The number of hydrogen-bond donors (Lipinski definition) is 0. The first-order valence-electron chi connectivity index (χ1n) is 7.50. The van der Waals surface area contributed by atoms with Crippen LogP contribution in [0.25, 0.3) is 0 Å². The molecule has 0 unspecified atom stereocenters. The van der Waals surface area contributed by atoms with E-state index in [0.29, 0.717) is 24.7 Å². The van der Waals surface area contributed by atoms with Gasteiger partial charge in [-0.25, -0.2) is 0 Å². The van der Waals surface area contributed by atoms with Crippen molar-refractivity contribution < 1.29 is 19.1 Å². The van der Waals surface area contributed by atoms with Gasteiger partial charge in [0.2, 0.25) is 0 Å². The molecule has 21 heavy (non-hydrogen) atoms. The maximum absolute atomic E-state index is 11.3. The van der Waals surface area contributed by atoms with E-state index in [2.05, 4.69) is 0 Å². The summed E-state index contributed by atoms with van der Waals surface area (Å²) in [5.41, 5.74) is -0.241. The van der Waals surface area contributed by atoms with E-state index in [4.69, 9.17) is 9.47 Å². The summed E-state index contributed by atoms with van der Waals surface area (Å²) in [4.78, 5) is 22.5. The van der Waals surface area contributed by atoms with Crippen molar-refractivity contribution in [2.75, 3.05) is 24.7 Å². The summed E-state index contributed by atoms with van der Waals surface area (Å²) in [7, 11) is 0. The van der Waals surface area contributed by atoms with E-state index in [1.165, 1.54) is 29.9 Å². The molecule has 0 bridgehead atoms. The highest BCUT2D eigenvalue weighted by Crippen LogP contribution is 2.42. The molecule has 1 saturated carbocycles. The average molecular weight is 332 g/mol. The third-order valence-electron chi connectivity index (χ3n) is 4.06. The smallest absolute Gasteiger partial charge is 0.185 e. The van der Waals surface area contributed by atoms with Gasteiger partial charge in [-0.05, 0) is 12.8 Å². The Morgan fingerprint density at radius 2 is 1.38 bits per heavy atom.